The first kappa shape index (κ1) is 12.4. The van der Waals surface area contributed by atoms with Crippen molar-refractivity contribution in [2.24, 2.45) is 5.92 Å². The molecule has 0 bridgehead atoms. The van der Waals surface area contributed by atoms with Crippen LogP contribution in [0.4, 0.5) is 0 Å². The molecular formula is C15H21I. The number of hydrogen-bond donors (Lipinski definition) is 0. The Morgan fingerprint density at radius 3 is 2.44 bits per heavy atom. The van der Waals surface area contributed by atoms with E-state index in [1.807, 2.05) is 0 Å². The molecule has 0 spiro atoms. The van der Waals surface area contributed by atoms with Crippen molar-refractivity contribution in [1.82, 2.24) is 0 Å². The van der Waals surface area contributed by atoms with Gasteiger partial charge in [0.1, 0.15) is 0 Å². The Labute approximate surface area is 113 Å². The summed E-state index contributed by atoms with van der Waals surface area (Å²) in [5, 5.41) is 0. The van der Waals surface area contributed by atoms with E-state index in [0.717, 1.165) is 11.8 Å². The molecule has 1 fully saturated rings. The second-order valence-electron chi connectivity index (χ2n) is 5.03. The fraction of sp³-hybridized carbons (Fsp3) is 0.600. The Bertz CT molecular complexity index is 324. The van der Waals surface area contributed by atoms with Crippen LogP contribution < -0.4 is 0 Å². The van der Waals surface area contributed by atoms with E-state index in [2.05, 4.69) is 53.8 Å². The molecule has 0 atom stereocenters. The fourth-order valence-electron chi connectivity index (χ4n) is 2.98. The molecule has 0 N–H and O–H groups in total. The van der Waals surface area contributed by atoms with Gasteiger partial charge in [0.2, 0.25) is 0 Å². The predicted octanol–water partition coefficient (Wildman–Crippen LogP) is 5.37. The molecule has 0 amide bonds. The standard InChI is InChI=1S/C15H21I/c1-2-5-12-8-10-13(11-9-12)14-6-3-4-7-15(14)16/h3-4,6-7,12-13H,2,5,8-11H2,1H3. The van der Waals surface area contributed by atoms with Gasteiger partial charge in [-0.25, -0.2) is 0 Å². The van der Waals surface area contributed by atoms with Gasteiger partial charge >= 0.3 is 0 Å². The van der Waals surface area contributed by atoms with Crippen LogP contribution in [0.3, 0.4) is 0 Å². The summed E-state index contributed by atoms with van der Waals surface area (Å²) in [4.78, 5) is 0. The number of benzene rings is 1. The Hall–Kier alpha value is -0.0500. The van der Waals surface area contributed by atoms with Crippen LogP contribution in [0.1, 0.15) is 56.9 Å². The van der Waals surface area contributed by atoms with Crippen molar-refractivity contribution in [2.45, 2.75) is 51.4 Å². The maximum Gasteiger partial charge on any atom is 0.0165 e. The van der Waals surface area contributed by atoms with Crippen molar-refractivity contribution >= 4 is 22.6 Å². The van der Waals surface area contributed by atoms with E-state index in [1.165, 1.54) is 42.1 Å². The molecular weight excluding hydrogens is 307 g/mol. The normalized spacial score (nSPS) is 25.6. The zero-order valence-electron chi connectivity index (χ0n) is 10.1. The maximum atomic E-state index is 2.48. The first-order valence-electron chi connectivity index (χ1n) is 6.55. The fourth-order valence-corrected chi connectivity index (χ4v) is 3.80. The average Bonchev–Trinajstić information content (AvgIpc) is 2.31. The molecule has 0 aliphatic heterocycles. The van der Waals surface area contributed by atoms with E-state index >= 15 is 0 Å². The molecule has 1 heteroatoms. The third-order valence-electron chi connectivity index (χ3n) is 3.89. The largest absolute Gasteiger partial charge is 0.0654 e. The van der Waals surface area contributed by atoms with Gasteiger partial charge in [0.25, 0.3) is 0 Å². The van der Waals surface area contributed by atoms with Gasteiger partial charge in [0.05, 0.1) is 0 Å². The summed E-state index contributed by atoms with van der Waals surface area (Å²) in [6, 6.07) is 8.91. The Balaban J connectivity index is 1.96. The highest BCUT2D eigenvalue weighted by Gasteiger charge is 2.22. The van der Waals surface area contributed by atoms with E-state index in [-0.39, 0.29) is 0 Å². The summed E-state index contributed by atoms with van der Waals surface area (Å²) >= 11 is 2.48. The molecule has 88 valence electrons. The van der Waals surface area contributed by atoms with Crippen LogP contribution in [0, 0.1) is 9.49 Å². The molecule has 0 unspecified atom stereocenters. The zero-order valence-corrected chi connectivity index (χ0v) is 12.2. The van der Waals surface area contributed by atoms with Crippen molar-refractivity contribution in [3.05, 3.63) is 33.4 Å². The van der Waals surface area contributed by atoms with Crippen LogP contribution in [0.25, 0.3) is 0 Å². The lowest BCUT2D eigenvalue weighted by atomic mass is 9.77. The highest BCUT2D eigenvalue weighted by molar-refractivity contribution is 14.1. The molecule has 1 aliphatic carbocycles. The van der Waals surface area contributed by atoms with Crippen molar-refractivity contribution in [3.63, 3.8) is 0 Å². The molecule has 1 aliphatic rings. The quantitative estimate of drug-likeness (QED) is 0.655. The van der Waals surface area contributed by atoms with Gasteiger partial charge in [-0.15, -0.1) is 0 Å². The highest BCUT2D eigenvalue weighted by atomic mass is 127. The molecule has 0 nitrogen and oxygen atoms in total. The summed E-state index contributed by atoms with van der Waals surface area (Å²) in [5.41, 5.74) is 1.60. The third kappa shape index (κ3) is 2.99. The molecule has 0 radical (unpaired) electrons. The summed E-state index contributed by atoms with van der Waals surface area (Å²) < 4.78 is 1.46. The van der Waals surface area contributed by atoms with Crippen LogP contribution in [0.2, 0.25) is 0 Å². The maximum absolute atomic E-state index is 2.48. The molecule has 1 saturated carbocycles. The summed E-state index contributed by atoms with van der Waals surface area (Å²) in [6.45, 7) is 2.31. The van der Waals surface area contributed by atoms with Crippen LogP contribution in [0.5, 0.6) is 0 Å². The van der Waals surface area contributed by atoms with E-state index in [1.54, 1.807) is 5.56 Å². The van der Waals surface area contributed by atoms with Crippen LogP contribution in [-0.4, -0.2) is 0 Å². The van der Waals surface area contributed by atoms with Gasteiger partial charge in [-0.2, -0.15) is 0 Å². The molecule has 0 aromatic heterocycles. The minimum Gasteiger partial charge on any atom is -0.0654 e. The van der Waals surface area contributed by atoms with E-state index < -0.39 is 0 Å². The van der Waals surface area contributed by atoms with Crippen LogP contribution >= 0.6 is 22.6 Å². The molecule has 1 aromatic carbocycles. The predicted molar refractivity (Wildman–Crippen MR) is 78.8 cm³/mol. The molecule has 2 rings (SSSR count). The molecule has 0 saturated heterocycles. The SMILES string of the molecule is CCCC1CCC(c2ccccc2I)CC1. The lowest BCUT2D eigenvalue weighted by molar-refractivity contribution is 0.308. The second-order valence-corrected chi connectivity index (χ2v) is 6.19. The van der Waals surface area contributed by atoms with Crippen molar-refractivity contribution < 1.29 is 0 Å². The minimum atomic E-state index is 0.834. The first-order valence-corrected chi connectivity index (χ1v) is 7.63. The first-order chi connectivity index (χ1) is 7.81. The summed E-state index contributed by atoms with van der Waals surface area (Å²) in [7, 11) is 0. The second kappa shape index (κ2) is 6.04. The third-order valence-corrected chi connectivity index (χ3v) is 4.87. The highest BCUT2D eigenvalue weighted by Crippen LogP contribution is 2.38. The number of halogens is 1. The van der Waals surface area contributed by atoms with Gasteiger partial charge < -0.3 is 0 Å². The van der Waals surface area contributed by atoms with E-state index in [4.69, 9.17) is 0 Å². The lowest BCUT2D eigenvalue weighted by Gasteiger charge is -2.29. The lowest BCUT2D eigenvalue weighted by Crippen LogP contribution is -2.13. The topological polar surface area (TPSA) is 0 Å². The van der Waals surface area contributed by atoms with Crippen LogP contribution in [-0.2, 0) is 0 Å². The summed E-state index contributed by atoms with van der Waals surface area (Å²) in [6.07, 6.45) is 8.51. The smallest absolute Gasteiger partial charge is 0.0165 e. The van der Waals surface area contributed by atoms with Crippen molar-refractivity contribution in [1.29, 1.82) is 0 Å². The number of hydrogen-bond acceptors (Lipinski definition) is 0. The van der Waals surface area contributed by atoms with Crippen molar-refractivity contribution in [2.75, 3.05) is 0 Å². The van der Waals surface area contributed by atoms with Gasteiger partial charge in [-0.05, 0) is 71.7 Å². The van der Waals surface area contributed by atoms with Crippen LogP contribution in [0.15, 0.2) is 24.3 Å². The Kier molecular flexibility index (Phi) is 4.68. The van der Waals surface area contributed by atoms with E-state index in [9.17, 15) is 0 Å². The molecule has 0 heterocycles. The number of rotatable bonds is 3. The average molecular weight is 328 g/mol. The van der Waals surface area contributed by atoms with Crippen molar-refractivity contribution in [3.8, 4) is 0 Å². The summed E-state index contributed by atoms with van der Waals surface area (Å²) in [5.74, 6) is 1.85. The Morgan fingerprint density at radius 2 is 1.81 bits per heavy atom. The molecule has 16 heavy (non-hydrogen) atoms. The zero-order chi connectivity index (χ0) is 11.4. The van der Waals surface area contributed by atoms with Gasteiger partial charge in [-0.1, -0.05) is 38.0 Å². The van der Waals surface area contributed by atoms with E-state index in [0.29, 0.717) is 0 Å². The van der Waals surface area contributed by atoms with Gasteiger partial charge in [0, 0.05) is 3.57 Å². The molecule has 1 aromatic rings. The van der Waals surface area contributed by atoms with Gasteiger partial charge in [-0.3, -0.25) is 0 Å². The monoisotopic (exact) mass is 328 g/mol. The Morgan fingerprint density at radius 1 is 1.12 bits per heavy atom. The van der Waals surface area contributed by atoms with Gasteiger partial charge in [0.15, 0.2) is 0 Å². The minimum absolute atomic E-state index is 0.834.